The van der Waals surface area contributed by atoms with E-state index in [0.29, 0.717) is 24.1 Å². The molecule has 1 unspecified atom stereocenters. The molecule has 1 aromatic rings. The molecule has 124 valence electrons. The number of carbonyl (C=O) groups is 1. The van der Waals surface area contributed by atoms with Gasteiger partial charge in [0.1, 0.15) is 0 Å². The number of hydrogen-bond acceptors (Lipinski definition) is 5. The molecule has 0 bridgehead atoms. The molecule has 1 atom stereocenters. The van der Waals surface area contributed by atoms with Crippen LogP contribution in [0.15, 0.2) is 5.38 Å². The summed E-state index contributed by atoms with van der Waals surface area (Å²) in [6, 6.07) is -0.217. The van der Waals surface area contributed by atoms with Crippen LogP contribution in [-0.4, -0.2) is 35.9 Å². The van der Waals surface area contributed by atoms with E-state index in [1.807, 2.05) is 5.38 Å². The summed E-state index contributed by atoms with van der Waals surface area (Å²) in [5, 5.41) is 17.4. The maximum absolute atomic E-state index is 12.1. The summed E-state index contributed by atoms with van der Waals surface area (Å²) in [6.45, 7) is 0.533. The normalized spacial score (nSPS) is 17.2. The zero-order chi connectivity index (χ0) is 15.8. The Kier molecular flexibility index (Phi) is 7.08. The second kappa shape index (κ2) is 9.07. The van der Waals surface area contributed by atoms with Gasteiger partial charge in [-0.1, -0.05) is 19.3 Å². The van der Waals surface area contributed by atoms with E-state index in [-0.39, 0.29) is 18.7 Å². The molecule has 22 heavy (non-hydrogen) atoms. The maximum Gasteiger partial charge on any atom is 0.321 e. The summed E-state index contributed by atoms with van der Waals surface area (Å²) < 4.78 is 5.01. The third-order valence-corrected chi connectivity index (χ3v) is 4.85. The molecule has 1 saturated carbocycles. The Bertz CT molecular complexity index is 461. The van der Waals surface area contributed by atoms with Crippen LogP contribution in [0.5, 0.6) is 0 Å². The van der Waals surface area contributed by atoms with E-state index < -0.39 is 0 Å². The molecule has 1 aliphatic carbocycles. The Morgan fingerprint density at radius 1 is 1.50 bits per heavy atom. The second-order valence-electron chi connectivity index (χ2n) is 5.69. The minimum absolute atomic E-state index is 0.0312. The van der Waals surface area contributed by atoms with Crippen LogP contribution < -0.4 is 10.6 Å². The Morgan fingerprint density at radius 3 is 2.95 bits per heavy atom. The maximum atomic E-state index is 12.1. The van der Waals surface area contributed by atoms with Crippen molar-refractivity contribution in [2.75, 3.05) is 19.0 Å². The molecule has 0 saturated heterocycles. The number of ether oxygens (including phenoxy) is 1. The molecule has 1 heterocycles. The van der Waals surface area contributed by atoms with Gasteiger partial charge in [0.25, 0.3) is 0 Å². The highest BCUT2D eigenvalue weighted by Gasteiger charge is 2.24. The summed E-state index contributed by atoms with van der Waals surface area (Å²) in [7, 11) is 1.61. The van der Waals surface area contributed by atoms with Gasteiger partial charge in [0.15, 0.2) is 5.13 Å². The number of aliphatic hydroxyl groups excluding tert-OH is 1. The standard InChI is InChI=1S/C15H25N3O3S/c1-21-9-12-10-22-15(16-12)18-14(20)17-13(7-8-19)11-5-3-2-4-6-11/h10-11,13,19H,2-9H2,1H3,(H2,16,17,18,20). The van der Waals surface area contributed by atoms with E-state index in [0.717, 1.165) is 18.5 Å². The van der Waals surface area contributed by atoms with Gasteiger partial charge in [-0.2, -0.15) is 0 Å². The molecular weight excluding hydrogens is 302 g/mol. The molecule has 0 spiro atoms. The number of hydrogen-bond donors (Lipinski definition) is 3. The SMILES string of the molecule is COCc1csc(NC(=O)NC(CCO)C2CCCCC2)n1. The molecular formula is C15H25N3O3S. The lowest BCUT2D eigenvalue weighted by Gasteiger charge is -2.30. The van der Waals surface area contributed by atoms with Gasteiger partial charge >= 0.3 is 6.03 Å². The number of amides is 2. The third kappa shape index (κ3) is 5.23. The molecule has 6 nitrogen and oxygen atoms in total. The molecule has 0 radical (unpaired) electrons. The average Bonchev–Trinajstić information content (AvgIpc) is 2.95. The molecule has 2 amide bonds. The average molecular weight is 327 g/mol. The van der Waals surface area contributed by atoms with Crippen LogP contribution in [0.3, 0.4) is 0 Å². The second-order valence-corrected chi connectivity index (χ2v) is 6.55. The number of nitrogens with one attached hydrogen (secondary N) is 2. The van der Waals surface area contributed by atoms with Crippen molar-refractivity contribution in [3.8, 4) is 0 Å². The fourth-order valence-electron chi connectivity index (χ4n) is 2.98. The van der Waals surface area contributed by atoms with E-state index in [1.54, 1.807) is 7.11 Å². The first-order valence-corrected chi connectivity index (χ1v) is 8.72. The Balaban J connectivity index is 1.86. The van der Waals surface area contributed by atoms with Gasteiger partial charge in [-0.15, -0.1) is 11.3 Å². The summed E-state index contributed by atoms with van der Waals surface area (Å²) in [6.07, 6.45) is 6.55. The number of methoxy groups -OCH3 is 1. The monoisotopic (exact) mass is 327 g/mol. The van der Waals surface area contributed by atoms with Gasteiger partial charge in [0.05, 0.1) is 12.3 Å². The molecule has 1 aromatic heterocycles. The third-order valence-electron chi connectivity index (χ3n) is 4.04. The Hall–Kier alpha value is -1.18. The van der Waals surface area contributed by atoms with Crippen LogP contribution in [0.25, 0.3) is 0 Å². The minimum atomic E-state index is -0.248. The van der Waals surface area contributed by atoms with Crippen molar-refractivity contribution in [3.63, 3.8) is 0 Å². The van der Waals surface area contributed by atoms with Gasteiger partial charge in [0.2, 0.25) is 0 Å². The number of rotatable bonds is 7. The van der Waals surface area contributed by atoms with Crippen molar-refractivity contribution in [2.45, 2.75) is 51.2 Å². The number of aromatic nitrogens is 1. The van der Waals surface area contributed by atoms with Crippen molar-refractivity contribution < 1.29 is 14.6 Å². The first-order chi connectivity index (χ1) is 10.7. The molecule has 7 heteroatoms. The molecule has 3 N–H and O–H groups in total. The smallest absolute Gasteiger partial charge is 0.321 e. The van der Waals surface area contributed by atoms with Crippen molar-refractivity contribution in [1.29, 1.82) is 0 Å². The van der Waals surface area contributed by atoms with Crippen molar-refractivity contribution >= 4 is 22.5 Å². The highest BCUT2D eigenvalue weighted by molar-refractivity contribution is 7.13. The molecule has 1 fully saturated rings. The number of urea groups is 1. The van der Waals surface area contributed by atoms with Gasteiger partial charge < -0.3 is 15.2 Å². The van der Waals surface area contributed by atoms with E-state index in [9.17, 15) is 9.90 Å². The Labute approximate surface area is 135 Å². The van der Waals surface area contributed by atoms with Crippen molar-refractivity contribution in [1.82, 2.24) is 10.3 Å². The number of thiazole rings is 1. The highest BCUT2D eigenvalue weighted by Crippen LogP contribution is 2.27. The first-order valence-electron chi connectivity index (χ1n) is 7.84. The zero-order valence-electron chi connectivity index (χ0n) is 13.0. The summed E-state index contributed by atoms with van der Waals surface area (Å²) in [5.41, 5.74) is 0.807. The molecule has 0 aromatic carbocycles. The number of anilines is 1. The van der Waals surface area contributed by atoms with E-state index >= 15 is 0 Å². The quantitative estimate of drug-likeness (QED) is 0.719. The number of nitrogens with zero attached hydrogens (tertiary/aromatic N) is 1. The van der Waals surface area contributed by atoms with Crippen LogP contribution in [0.1, 0.15) is 44.2 Å². The number of aliphatic hydroxyl groups is 1. The molecule has 2 rings (SSSR count). The van der Waals surface area contributed by atoms with Crippen molar-refractivity contribution in [3.05, 3.63) is 11.1 Å². The van der Waals surface area contributed by atoms with Crippen LogP contribution in [0, 0.1) is 5.92 Å². The molecule has 0 aliphatic heterocycles. The van der Waals surface area contributed by atoms with Gasteiger partial charge in [-0.25, -0.2) is 9.78 Å². The van der Waals surface area contributed by atoms with Crippen LogP contribution >= 0.6 is 11.3 Å². The fraction of sp³-hybridized carbons (Fsp3) is 0.733. The lowest BCUT2D eigenvalue weighted by molar-refractivity contribution is 0.182. The predicted molar refractivity (Wildman–Crippen MR) is 87.0 cm³/mol. The van der Waals surface area contributed by atoms with Gasteiger partial charge in [-0.05, 0) is 25.2 Å². The Morgan fingerprint density at radius 2 is 2.27 bits per heavy atom. The predicted octanol–water partition coefficient (Wildman–Crippen LogP) is 2.74. The van der Waals surface area contributed by atoms with Gasteiger partial charge in [-0.3, -0.25) is 5.32 Å². The van der Waals surface area contributed by atoms with E-state index in [2.05, 4.69) is 15.6 Å². The lowest BCUT2D eigenvalue weighted by atomic mass is 9.83. The van der Waals surface area contributed by atoms with Crippen molar-refractivity contribution in [2.24, 2.45) is 5.92 Å². The van der Waals surface area contributed by atoms with Crippen LogP contribution in [0.2, 0.25) is 0 Å². The van der Waals surface area contributed by atoms with E-state index in [1.165, 1.54) is 30.6 Å². The largest absolute Gasteiger partial charge is 0.396 e. The van der Waals surface area contributed by atoms with Crippen LogP contribution in [0.4, 0.5) is 9.93 Å². The topological polar surface area (TPSA) is 83.5 Å². The highest BCUT2D eigenvalue weighted by atomic mass is 32.1. The summed E-state index contributed by atoms with van der Waals surface area (Å²) in [5.74, 6) is 0.465. The van der Waals surface area contributed by atoms with E-state index in [4.69, 9.17) is 4.74 Å². The first kappa shape index (κ1) is 17.2. The fourth-order valence-corrected chi connectivity index (χ4v) is 3.67. The summed E-state index contributed by atoms with van der Waals surface area (Å²) >= 11 is 1.38. The number of carbonyl (C=O) groups excluding carboxylic acids is 1. The zero-order valence-corrected chi connectivity index (χ0v) is 13.8. The van der Waals surface area contributed by atoms with Gasteiger partial charge in [0, 0.05) is 25.1 Å². The lowest BCUT2D eigenvalue weighted by Crippen LogP contribution is -2.43. The molecule has 1 aliphatic rings. The minimum Gasteiger partial charge on any atom is -0.396 e. The van der Waals surface area contributed by atoms with Crippen LogP contribution in [-0.2, 0) is 11.3 Å². The summed E-state index contributed by atoms with van der Waals surface area (Å²) in [4.78, 5) is 16.4.